The summed E-state index contributed by atoms with van der Waals surface area (Å²) in [6.07, 6.45) is 2.02. The first-order valence-electron chi connectivity index (χ1n) is 4.39. The Hall–Kier alpha value is -0.950. The number of aromatic nitrogens is 2. The average Bonchev–Trinajstić information content (AvgIpc) is 2.42. The lowest BCUT2D eigenvalue weighted by atomic mass is 10.1. The summed E-state index contributed by atoms with van der Waals surface area (Å²) in [6, 6.07) is 0. The highest BCUT2D eigenvalue weighted by molar-refractivity contribution is 9.10. The molecule has 0 unspecified atom stereocenters. The van der Waals surface area contributed by atoms with E-state index < -0.39 is 10.5 Å². The van der Waals surface area contributed by atoms with E-state index in [0.717, 1.165) is 0 Å². The van der Waals surface area contributed by atoms with Crippen molar-refractivity contribution in [3.8, 4) is 0 Å². The third-order valence-corrected chi connectivity index (χ3v) is 2.38. The fraction of sp³-hybridized carbons (Fsp3) is 0.625. The SMILES string of the molecule is CC(C)(O)CCn1cc(Br)c([N+](=O)[O-])n1. The zero-order valence-electron chi connectivity index (χ0n) is 8.47. The lowest BCUT2D eigenvalue weighted by molar-refractivity contribution is -0.390. The van der Waals surface area contributed by atoms with Gasteiger partial charge in [-0.15, -0.1) is 0 Å². The highest BCUT2D eigenvalue weighted by atomic mass is 79.9. The summed E-state index contributed by atoms with van der Waals surface area (Å²) >= 11 is 3.05. The van der Waals surface area contributed by atoms with Gasteiger partial charge in [0.05, 0.1) is 23.4 Å². The number of hydrogen-bond donors (Lipinski definition) is 1. The van der Waals surface area contributed by atoms with Crippen molar-refractivity contribution in [1.29, 1.82) is 0 Å². The van der Waals surface area contributed by atoms with Gasteiger partial charge in [-0.2, -0.15) is 4.68 Å². The summed E-state index contributed by atoms with van der Waals surface area (Å²) in [5.41, 5.74) is -0.798. The first kappa shape index (κ1) is 12.1. The van der Waals surface area contributed by atoms with Gasteiger partial charge in [0, 0.05) is 0 Å². The van der Waals surface area contributed by atoms with Crippen LogP contribution in [0.5, 0.6) is 0 Å². The van der Waals surface area contributed by atoms with Crippen LogP contribution in [0.2, 0.25) is 0 Å². The molecule has 0 bridgehead atoms. The van der Waals surface area contributed by atoms with Crippen molar-refractivity contribution >= 4 is 21.7 Å². The standard InChI is InChI=1S/C8H12BrN3O3/c1-8(2,13)3-4-11-5-6(9)7(10-11)12(14)15/h5,13H,3-4H2,1-2H3. The lowest BCUT2D eigenvalue weighted by Crippen LogP contribution is -2.21. The maximum atomic E-state index is 10.5. The van der Waals surface area contributed by atoms with Crippen molar-refractivity contribution in [2.75, 3.05) is 0 Å². The molecule has 0 saturated carbocycles. The second kappa shape index (κ2) is 4.28. The summed E-state index contributed by atoms with van der Waals surface area (Å²) in [7, 11) is 0. The van der Waals surface area contributed by atoms with Gasteiger partial charge in [0.25, 0.3) is 0 Å². The molecule has 0 radical (unpaired) electrons. The minimum Gasteiger partial charge on any atom is -0.390 e. The summed E-state index contributed by atoms with van der Waals surface area (Å²) in [5.74, 6) is -0.203. The lowest BCUT2D eigenvalue weighted by Gasteiger charge is -2.15. The first-order chi connectivity index (χ1) is 6.79. The topological polar surface area (TPSA) is 81.2 Å². The molecule has 1 rings (SSSR count). The molecule has 0 atom stereocenters. The van der Waals surface area contributed by atoms with Crippen LogP contribution in [0, 0.1) is 10.1 Å². The molecule has 15 heavy (non-hydrogen) atoms. The molecule has 6 nitrogen and oxygen atoms in total. The number of halogens is 1. The first-order valence-corrected chi connectivity index (χ1v) is 5.18. The number of hydrogen-bond acceptors (Lipinski definition) is 4. The number of nitrogens with zero attached hydrogens (tertiary/aromatic N) is 3. The maximum absolute atomic E-state index is 10.5. The van der Waals surface area contributed by atoms with Crippen LogP contribution in [0.3, 0.4) is 0 Å². The Bertz CT molecular complexity index is 370. The fourth-order valence-corrected chi connectivity index (χ4v) is 1.47. The summed E-state index contributed by atoms with van der Waals surface area (Å²) < 4.78 is 1.79. The molecule has 0 aliphatic rings. The van der Waals surface area contributed by atoms with Gasteiger partial charge >= 0.3 is 5.82 Å². The highest BCUT2D eigenvalue weighted by Gasteiger charge is 2.20. The quantitative estimate of drug-likeness (QED) is 0.671. The molecule has 84 valence electrons. The fourth-order valence-electron chi connectivity index (χ4n) is 1.01. The third kappa shape index (κ3) is 3.60. The van der Waals surface area contributed by atoms with Gasteiger partial charge in [-0.1, -0.05) is 0 Å². The molecular formula is C8H12BrN3O3. The maximum Gasteiger partial charge on any atom is 0.404 e. The molecule has 1 aromatic heterocycles. The predicted octanol–water partition coefficient (Wildman–Crippen LogP) is 1.71. The summed E-state index contributed by atoms with van der Waals surface area (Å²) in [6.45, 7) is 3.80. The van der Waals surface area contributed by atoms with Crippen LogP contribution in [-0.2, 0) is 6.54 Å². The van der Waals surface area contributed by atoms with E-state index in [1.807, 2.05) is 0 Å². The molecule has 7 heteroatoms. The second-order valence-electron chi connectivity index (χ2n) is 3.88. The van der Waals surface area contributed by atoms with Gasteiger partial charge < -0.3 is 15.2 Å². The smallest absolute Gasteiger partial charge is 0.390 e. The zero-order valence-corrected chi connectivity index (χ0v) is 10.1. The molecular weight excluding hydrogens is 266 g/mol. The van der Waals surface area contributed by atoms with E-state index in [0.29, 0.717) is 17.4 Å². The Morgan fingerprint density at radius 2 is 2.33 bits per heavy atom. The largest absolute Gasteiger partial charge is 0.404 e. The zero-order chi connectivity index (χ0) is 11.6. The Labute approximate surface area is 95.2 Å². The number of nitro groups is 1. The van der Waals surface area contributed by atoms with E-state index in [4.69, 9.17) is 0 Å². The number of aliphatic hydroxyl groups is 1. The van der Waals surface area contributed by atoms with E-state index in [1.54, 1.807) is 13.8 Å². The molecule has 0 saturated heterocycles. The van der Waals surface area contributed by atoms with Crippen LogP contribution >= 0.6 is 15.9 Å². The van der Waals surface area contributed by atoms with Crippen LogP contribution in [-0.4, -0.2) is 25.4 Å². The van der Waals surface area contributed by atoms with Gasteiger partial charge in [0.2, 0.25) is 0 Å². The van der Waals surface area contributed by atoms with Gasteiger partial charge in [-0.05, 0) is 41.1 Å². The molecule has 0 aliphatic heterocycles. The molecule has 0 fully saturated rings. The van der Waals surface area contributed by atoms with Gasteiger partial charge in [0.15, 0.2) is 0 Å². The summed E-state index contributed by atoms with van der Waals surface area (Å²) in [4.78, 5) is 9.94. The molecule has 0 spiro atoms. The van der Waals surface area contributed by atoms with E-state index in [9.17, 15) is 15.2 Å². The minimum atomic E-state index is -0.798. The van der Waals surface area contributed by atoms with E-state index in [1.165, 1.54) is 10.9 Å². The van der Waals surface area contributed by atoms with Crippen molar-refractivity contribution in [2.24, 2.45) is 0 Å². The van der Waals surface area contributed by atoms with Crippen LogP contribution in [0.25, 0.3) is 0 Å². The highest BCUT2D eigenvalue weighted by Crippen LogP contribution is 2.22. The Morgan fingerprint density at radius 1 is 1.73 bits per heavy atom. The summed E-state index contributed by atoms with van der Waals surface area (Å²) in [5, 5.41) is 23.7. The second-order valence-corrected chi connectivity index (χ2v) is 4.74. The van der Waals surface area contributed by atoms with E-state index in [2.05, 4.69) is 21.0 Å². The molecule has 1 heterocycles. The van der Waals surface area contributed by atoms with Crippen LogP contribution in [0.1, 0.15) is 20.3 Å². The minimum absolute atomic E-state index is 0.203. The predicted molar refractivity (Wildman–Crippen MR) is 57.5 cm³/mol. The van der Waals surface area contributed by atoms with Gasteiger partial charge in [-0.3, -0.25) is 0 Å². The van der Waals surface area contributed by atoms with Crippen molar-refractivity contribution < 1.29 is 10.0 Å². The number of rotatable bonds is 4. The van der Waals surface area contributed by atoms with Gasteiger partial charge in [-0.25, -0.2) is 0 Å². The van der Waals surface area contributed by atoms with Crippen molar-refractivity contribution in [1.82, 2.24) is 9.78 Å². The molecule has 0 aliphatic carbocycles. The van der Waals surface area contributed by atoms with Crippen molar-refractivity contribution in [3.05, 3.63) is 20.8 Å². The number of aryl methyl sites for hydroxylation is 1. The van der Waals surface area contributed by atoms with E-state index in [-0.39, 0.29) is 5.82 Å². The van der Waals surface area contributed by atoms with Crippen LogP contribution in [0.4, 0.5) is 5.82 Å². The molecule has 1 N–H and O–H groups in total. The van der Waals surface area contributed by atoms with Crippen molar-refractivity contribution in [3.63, 3.8) is 0 Å². The van der Waals surface area contributed by atoms with Crippen molar-refractivity contribution in [2.45, 2.75) is 32.4 Å². The Kier molecular flexibility index (Phi) is 3.46. The average molecular weight is 278 g/mol. The Balaban J connectivity index is 2.72. The third-order valence-electron chi connectivity index (χ3n) is 1.82. The van der Waals surface area contributed by atoms with Crippen LogP contribution < -0.4 is 0 Å². The van der Waals surface area contributed by atoms with Gasteiger partial charge in [0.1, 0.15) is 4.47 Å². The molecule has 0 aromatic carbocycles. The molecule has 0 amide bonds. The molecule has 1 aromatic rings. The Morgan fingerprint density at radius 3 is 2.73 bits per heavy atom. The van der Waals surface area contributed by atoms with E-state index >= 15 is 0 Å². The van der Waals surface area contributed by atoms with Crippen LogP contribution in [0.15, 0.2) is 10.7 Å². The normalized spacial score (nSPS) is 11.7. The monoisotopic (exact) mass is 277 g/mol.